The number of rotatable bonds is 3. The summed E-state index contributed by atoms with van der Waals surface area (Å²) in [5.41, 5.74) is 5.06. The maximum atomic E-state index is 13.0. The van der Waals surface area contributed by atoms with Crippen LogP contribution in [0, 0.1) is 6.92 Å². The lowest BCUT2D eigenvalue weighted by Crippen LogP contribution is -2.53. The summed E-state index contributed by atoms with van der Waals surface area (Å²) in [5.74, 6) is -0.343. The molecular formula is C16H23N3O4. The van der Waals surface area contributed by atoms with Crippen LogP contribution in [0.4, 0.5) is 0 Å². The van der Waals surface area contributed by atoms with E-state index in [2.05, 4.69) is 4.98 Å². The van der Waals surface area contributed by atoms with Crippen LogP contribution < -0.4 is 5.73 Å². The van der Waals surface area contributed by atoms with E-state index in [0.717, 1.165) is 12.8 Å². The summed E-state index contributed by atoms with van der Waals surface area (Å²) in [4.78, 5) is 30.2. The number of carbonyl (C=O) groups excluding carboxylic acids is 2. The molecule has 0 saturated carbocycles. The fourth-order valence-electron chi connectivity index (χ4n) is 4.15. The van der Waals surface area contributed by atoms with E-state index in [9.17, 15) is 9.59 Å². The van der Waals surface area contributed by atoms with E-state index in [0.29, 0.717) is 18.7 Å². The summed E-state index contributed by atoms with van der Waals surface area (Å²) in [6.45, 7) is 6.33. The molecule has 0 radical (unpaired) electrons. The average molecular weight is 321 g/mol. The van der Waals surface area contributed by atoms with Gasteiger partial charge >= 0.3 is 0 Å². The number of nitrogens with zero attached hydrogens (tertiary/aromatic N) is 2. The molecule has 2 amide bonds. The van der Waals surface area contributed by atoms with Crippen molar-refractivity contribution in [2.75, 3.05) is 6.54 Å². The van der Waals surface area contributed by atoms with Crippen LogP contribution >= 0.6 is 0 Å². The number of aryl methyl sites for hydroxylation is 1. The summed E-state index contributed by atoms with van der Waals surface area (Å²) in [6, 6.07) is 0. The predicted molar refractivity (Wildman–Crippen MR) is 81.6 cm³/mol. The summed E-state index contributed by atoms with van der Waals surface area (Å²) >= 11 is 0. The van der Waals surface area contributed by atoms with Crippen molar-refractivity contribution in [1.29, 1.82) is 0 Å². The van der Waals surface area contributed by atoms with Gasteiger partial charge in [-0.05, 0) is 33.6 Å². The molecule has 1 aromatic rings. The van der Waals surface area contributed by atoms with Gasteiger partial charge < -0.3 is 19.8 Å². The third-order valence-corrected chi connectivity index (χ3v) is 4.89. The number of primary amides is 1. The SMILES string of the molecule is Cc1ncoc1C(=O)N1CCC[C@]12CC(C)(C)O[C@H]2CC(N)=O. The van der Waals surface area contributed by atoms with Gasteiger partial charge in [-0.2, -0.15) is 0 Å². The van der Waals surface area contributed by atoms with Crippen molar-refractivity contribution < 1.29 is 18.7 Å². The van der Waals surface area contributed by atoms with E-state index in [1.807, 2.05) is 18.7 Å². The van der Waals surface area contributed by atoms with Crippen molar-refractivity contribution in [2.24, 2.45) is 5.73 Å². The van der Waals surface area contributed by atoms with Gasteiger partial charge in [0.15, 0.2) is 6.39 Å². The number of hydrogen-bond acceptors (Lipinski definition) is 5. The molecule has 2 atom stereocenters. The highest BCUT2D eigenvalue weighted by Crippen LogP contribution is 2.49. The fourth-order valence-corrected chi connectivity index (χ4v) is 4.15. The van der Waals surface area contributed by atoms with Crippen LogP contribution in [0.2, 0.25) is 0 Å². The molecule has 0 unspecified atom stereocenters. The third-order valence-electron chi connectivity index (χ3n) is 4.89. The molecule has 0 bridgehead atoms. The van der Waals surface area contributed by atoms with Crippen LogP contribution in [0.1, 0.15) is 55.8 Å². The van der Waals surface area contributed by atoms with Crippen LogP contribution in [-0.2, 0) is 9.53 Å². The molecule has 126 valence electrons. The van der Waals surface area contributed by atoms with Crippen LogP contribution in [-0.4, -0.2) is 45.5 Å². The molecule has 1 spiro atoms. The van der Waals surface area contributed by atoms with Crippen molar-refractivity contribution in [3.63, 3.8) is 0 Å². The highest BCUT2D eigenvalue weighted by Gasteiger charge is 2.59. The van der Waals surface area contributed by atoms with Gasteiger partial charge in [-0.1, -0.05) is 0 Å². The summed E-state index contributed by atoms with van der Waals surface area (Å²) < 4.78 is 11.4. The minimum atomic E-state index is -0.505. The van der Waals surface area contributed by atoms with E-state index in [4.69, 9.17) is 14.9 Å². The standard InChI is InChI=1S/C16H23N3O4/c1-10-13(22-9-18-10)14(21)19-6-4-5-16(19)8-15(2,3)23-11(16)7-12(17)20/h9,11H,4-8H2,1-3H3,(H2,17,20)/t11-,16+/m0/s1. The maximum absolute atomic E-state index is 13.0. The number of oxazole rings is 1. The Bertz CT molecular complexity index is 639. The zero-order valence-corrected chi connectivity index (χ0v) is 13.8. The lowest BCUT2D eigenvalue weighted by Gasteiger charge is -2.38. The van der Waals surface area contributed by atoms with Crippen LogP contribution in [0.5, 0.6) is 0 Å². The Morgan fingerprint density at radius 3 is 2.83 bits per heavy atom. The number of carbonyl (C=O) groups is 2. The molecule has 23 heavy (non-hydrogen) atoms. The van der Waals surface area contributed by atoms with Gasteiger partial charge in [0.2, 0.25) is 11.7 Å². The quantitative estimate of drug-likeness (QED) is 0.907. The Labute approximate surface area is 135 Å². The first-order chi connectivity index (χ1) is 10.8. The predicted octanol–water partition coefficient (Wildman–Crippen LogP) is 1.40. The maximum Gasteiger partial charge on any atom is 0.292 e. The Kier molecular flexibility index (Phi) is 3.71. The van der Waals surface area contributed by atoms with Crippen LogP contribution in [0.25, 0.3) is 0 Å². The largest absolute Gasteiger partial charge is 0.438 e. The van der Waals surface area contributed by atoms with E-state index in [1.54, 1.807) is 6.92 Å². The normalized spacial score (nSPS) is 29.3. The van der Waals surface area contributed by atoms with E-state index in [1.165, 1.54) is 6.39 Å². The molecule has 1 aromatic heterocycles. The first-order valence-electron chi connectivity index (χ1n) is 7.93. The number of aromatic nitrogens is 1. The second-order valence-electron chi connectivity index (χ2n) is 7.14. The lowest BCUT2D eigenvalue weighted by molar-refractivity contribution is -0.123. The summed E-state index contributed by atoms with van der Waals surface area (Å²) in [7, 11) is 0. The Morgan fingerprint density at radius 1 is 1.48 bits per heavy atom. The Morgan fingerprint density at radius 2 is 2.22 bits per heavy atom. The van der Waals surface area contributed by atoms with E-state index < -0.39 is 17.0 Å². The molecule has 2 saturated heterocycles. The van der Waals surface area contributed by atoms with Gasteiger partial charge in [0.1, 0.15) is 0 Å². The van der Waals surface area contributed by atoms with Gasteiger partial charge in [0, 0.05) is 13.0 Å². The van der Waals surface area contributed by atoms with Gasteiger partial charge in [-0.25, -0.2) is 4.98 Å². The molecule has 2 aliphatic heterocycles. The smallest absolute Gasteiger partial charge is 0.292 e. The minimum absolute atomic E-state index is 0.114. The zero-order valence-electron chi connectivity index (χ0n) is 13.8. The molecule has 0 aromatic carbocycles. The Hall–Kier alpha value is -1.89. The number of hydrogen-bond donors (Lipinski definition) is 1. The molecule has 0 aliphatic carbocycles. The second kappa shape index (κ2) is 5.33. The molecule has 7 heteroatoms. The van der Waals surface area contributed by atoms with Gasteiger partial charge in [0.05, 0.1) is 29.4 Å². The highest BCUT2D eigenvalue weighted by molar-refractivity contribution is 5.93. The lowest BCUT2D eigenvalue weighted by atomic mass is 9.82. The van der Waals surface area contributed by atoms with Crippen molar-refractivity contribution >= 4 is 11.8 Å². The van der Waals surface area contributed by atoms with Crippen molar-refractivity contribution in [3.8, 4) is 0 Å². The first-order valence-corrected chi connectivity index (χ1v) is 7.93. The fraction of sp³-hybridized carbons (Fsp3) is 0.688. The molecule has 2 fully saturated rings. The number of likely N-dealkylation sites (tertiary alicyclic amines) is 1. The van der Waals surface area contributed by atoms with E-state index in [-0.39, 0.29) is 24.2 Å². The molecule has 3 rings (SSSR count). The van der Waals surface area contributed by atoms with Crippen molar-refractivity contribution in [1.82, 2.24) is 9.88 Å². The highest BCUT2D eigenvalue weighted by atomic mass is 16.5. The summed E-state index contributed by atoms with van der Waals surface area (Å²) in [6.07, 6.45) is 3.35. The van der Waals surface area contributed by atoms with Gasteiger partial charge in [-0.15, -0.1) is 0 Å². The molecular weight excluding hydrogens is 298 g/mol. The zero-order chi connectivity index (χ0) is 16.8. The molecule has 2 aliphatic rings. The third kappa shape index (κ3) is 2.63. The summed E-state index contributed by atoms with van der Waals surface area (Å²) in [5, 5.41) is 0. The van der Waals surface area contributed by atoms with Gasteiger partial charge in [0.25, 0.3) is 5.91 Å². The van der Waals surface area contributed by atoms with Gasteiger partial charge in [-0.3, -0.25) is 9.59 Å². The minimum Gasteiger partial charge on any atom is -0.438 e. The Balaban J connectivity index is 1.96. The first kappa shape index (κ1) is 16.0. The van der Waals surface area contributed by atoms with Crippen LogP contribution in [0.3, 0.4) is 0 Å². The molecule has 7 nitrogen and oxygen atoms in total. The van der Waals surface area contributed by atoms with Crippen molar-refractivity contribution in [2.45, 2.75) is 63.7 Å². The number of nitrogens with two attached hydrogens (primary N) is 1. The average Bonchev–Trinajstić information content (AvgIpc) is 3.08. The molecule has 3 heterocycles. The monoisotopic (exact) mass is 321 g/mol. The second-order valence-corrected chi connectivity index (χ2v) is 7.14. The topological polar surface area (TPSA) is 98.7 Å². The number of amides is 2. The van der Waals surface area contributed by atoms with Crippen LogP contribution in [0.15, 0.2) is 10.8 Å². The van der Waals surface area contributed by atoms with E-state index >= 15 is 0 Å². The van der Waals surface area contributed by atoms with Crippen molar-refractivity contribution in [3.05, 3.63) is 17.8 Å². The molecule has 2 N–H and O–H groups in total. The number of ether oxygens (including phenoxy) is 1.